The van der Waals surface area contributed by atoms with Crippen LogP contribution >= 0.6 is 0 Å². The summed E-state index contributed by atoms with van der Waals surface area (Å²) in [6.45, 7) is 0.144. The summed E-state index contributed by atoms with van der Waals surface area (Å²) < 4.78 is 28.7. The van der Waals surface area contributed by atoms with Gasteiger partial charge in [0.1, 0.15) is 12.7 Å². The van der Waals surface area contributed by atoms with E-state index in [-0.39, 0.29) is 11.4 Å². The lowest BCUT2D eigenvalue weighted by Crippen LogP contribution is -2.23. The molecule has 8 heteroatoms. The van der Waals surface area contributed by atoms with Crippen LogP contribution in [0.1, 0.15) is 11.1 Å². The smallest absolute Gasteiger partial charge is 0.223 e. The van der Waals surface area contributed by atoms with Gasteiger partial charge in [-0.05, 0) is 42.0 Å². The lowest BCUT2D eigenvalue weighted by atomic mass is 10.2. The van der Waals surface area contributed by atoms with Crippen molar-refractivity contribution in [3.05, 3.63) is 72.3 Å². The molecule has 0 aliphatic heterocycles. The maximum absolute atomic E-state index is 12.3. The van der Waals surface area contributed by atoms with Crippen LogP contribution in [-0.4, -0.2) is 23.2 Å². The van der Waals surface area contributed by atoms with Crippen molar-refractivity contribution in [1.82, 2.24) is 19.5 Å². The van der Waals surface area contributed by atoms with Crippen LogP contribution < -0.4 is 4.72 Å². The lowest BCUT2D eigenvalue weighted by Gasteiger charge is -2.08. The molecule has 0 saturated heterocycles. The molecule has 3 rings (SSSR count). The molecule has 2 aromatic carbocycles. The molecule has 0 unspecified atom stereocenters. The minimum absolute atomic E-state index is 0.119. The predicted octanol–water partition coefficient (Wildman–Crippen LogP) is 1.62. The fourth-order valence-electron chi connectivity index (χ4n) is 2.12. The average molecular weight is 339 g/mol. The molecule has 0 bridgehead atoms. The Labute approximate surface area is 139 Å². The van der Waals surface area contributed by atoms with Crippen molar-refractivity contribution in [2.45, 2.75) is 11.4 Å². The molecule has 7 nitrogen and oxygen atoms in total. The van der Waals surface area contributed by atoms with Gasteiger partial charge in [-0.25, -0.2) is 22.8 Å². The van der Waals surface area contributed by atoms with Crippen molar-refractivity contribution >= 4 is 10.0 Å². The standard InChI is InChI=1S/C16H13N5O2S/c17-9-13-4-6-16(7-5-13)24(22,23)20-10-14-2-1-3-15(8-14)21-12-18-11-19-21/h1-8,11-12,20H,10H2. The largest absolute Gasteiger partial charge is 0.240 e. The molecule has 1 aromatic heterocycles. The van der Waals surface area contributed by atoms with Crippen LogP contribution in [0.4, 0.5) is 0 Å². The lowest BCUT2D eigenvalue weighted by molar-refractivity contribution is 0.581. The van der Waals surface area contributed by atoms with Gasteiger partial charge < -0.3 is 0 Å². The molecule has 0 atom stereocenters. The summed E-state index contributed by atoms with van der Waals surface area (Å²) in [4.78, 5) is 4.00. The molecule has 0 amide bonds. The van der Waals surface area contributed by atoms with Gasteiger partial charge in [-0.3, -0.25) is 0 Å². The van der Waals surface area contributed by atoms with E-state index in [0.29, 0.717) is 5.56 Å². The predicted molar refractivity (Wildman–Crippen MR) is 86.5 cm³/mol. The van der Waals surface area contributed by atoms with Crippen LogP contribution in [0.5, 0.6) is 0 Å². The van der Waals surface area contributed by atoms with Crippen LogP contribution in [0.2, 0.25) is 0 Å². The first-order chi connectivity index (χ1) is 11.6. The number of nitrogens with one attached hydrogen (secondary N) is 1. The second-order valence-corrected chi connectivity index (χ2v) is 6.74. The third-order valence-corrected chi connectivity index (χ3v) is 4.77. The number of rotatable bonds is 5. The van der Waals surface area contributed by atoms with Gasteiger partial charge in [-0.2, -0.15) is 10.4 Å². The van der Waals surface area contributed by atoms with Crippen LogP contribution in [-0.2, 0) is 16.6 Å². The van der Waals surface area contributed by atoms with Gasteiger partial charge in [0.2, 0.25) is 10.0 Å². The molecule has 0 saturated carbocycles. The summed E-state index contributed by atoms with van der Waals surface area (Å²) in [5.41, 5.74) is 2.00. The number of hydrogen-bond donors (Lipinski definition) is 1. The minimum atomic E-state index is -3.64. The highest BCUT2D eigenvalue weighted by Crippen LogP contribution is 2.13. The summed E-state index contributed by atoms with van der Waals surface area (Å²) in [7, 11) is -3.64. The number of nitrogens with zero attached hydrogens (tertiary/aromatic N) is 4. The van der Waals surface area contributed by atoms with E-state index < -0.39 is 10.0 Å². The van der Waals surface area contributed by atoms with E-state index in [1.165, 1.54) is 30.6 Å². The molecule has 0 spiro atoms. The molecule has 1 heterocycles. The highest BCUT2D eigenvalue weighted by molar-refractivity contribution is 7.89. The van der Waals surface area contributed by atoms with Crippen LogP contribution in [0, 0.1) is 11.3 Å². The Balaban J connectivity index is 1.75. The van der Waals surface area contributed by atoms with Gasteiger partial charge in [0.15, 0.2) is 0 Å². The Hall–Kier alpha value is -3.02. The van der Waals surface area contributed by atoms with Crippen molar-refractivity contribution in [1.29, 1.82) is 5.26 Å². The first kappa shape index (κ1) is 15.9. The zero-order chi connectivity index (χ0) is 17.0. The molecule has 0 radical (unpaired) electrons. The monoisotopic (exact) mass is 339 g/mol. The third kappa shape index (κ3) is 3.48. The Bertz CT molecular complexity index is 974. The Morgan fingerprint density at radius 3 is 2.62 bits per heavy atom. The van der Waals surface area contributed by atoms with E-state index in [9.17, 15) is 8.42 Å². The maximum Gasteiger partial charge on any atom is 0.240 e. The van der Waals surface area contributed by atoms with Crippen LogP contribution in [0.3, 0.4) is 0 Å². The molecular formula is C16H13N5O2S. The van der Waals surface area contributed by atoms with Gasteiger partial charge >= 0.3 is 0 Å². The zero-order valence-electron chi connectivity index (χ0n) is 12.5. The Kier molecular flexibility index (Phi) is 4.37. The van der Waals surface area contributed by atoms with E-state index in [1.807, 2.05) is 30.3 Å². The number of aromatic nitrogens is 3. The van der Waals surface area contributed by atoms with Crippen molar-refractivity contribution in [3.63, 3.8) is 0 Å². The zero-order valence-corrected chi connectivity index (χ0v) is 13.3. The van der Waals surface area contributed by atoms with E-state index >= 15 is 0 Å². The van der Waals surface area contributed by atoms with Crippen LogP contribution in [0.15, 0.2) is 66.1 Å². The van der Waals surface area contributed by atoms with Gasteiger partial charge in [0, 0.05) is 6.54 Å². The summed E-state index contributed by atoms with van der Waals surface area (Å²) in [5.74, 6) is 0. The second-order valence-electron chi connectivity index (χ2n) is 4.97. The average Bonchev–Trinajstić information content (AvgIpc) is 3.15. The molecule has 24 heavy (non-hydrogen) atoms. The number of hydrogen-bond acceptors (Lipinski definition) is 5. The summed E-state index contributed by atoms with van der Waals surface area (Å²) in [6, 6.07) is 15.0. The Morgan fingerprint density at radius 2 is 1.96 bits per heavy atom. The van der Waals surface area contributed by atoms with Gasteiger partial charge in [-0.15, -0.1) is 0 Å². The van der Waals surface area contributed by atoms with Gasteiger partial charge in [-0.1, -0.05) is 12.1 Å². The number of benzene rings is 2. The molecule has 3 aromatic rings. The number of nitriles is 1. The quantitative estimate of drug-likeness (QED) is 0.761. The topological polar surface area (TPSA) is 101 Å². The van der Waals surface area contributed by atoms with Crippen LogP contribution in [0.25, 0.3) is 5.69 Å². The Morgan fingerprint density at radius 1 is 1.17 bits per heavy atom. The maximum atomic E-state index is 12.3. The van der Waals surface area contributed by atoms with Crippen molar-refractivity contribution < 1.29 is 8.42 Å². The van der Waals surface area contributed by atoms with Gasteiger partial charge in [0.05, 0.1) is 22.2 Å². The highest BCUT2D eigenvalue weighted by atomic mass is 32.2. The summed E-state index contributed by atoms with van der Waals surface area (Å²) >= 11 is 0. The molecule has 0 aliphatic rings. The van der Waals surface area contributed by atoms with E-state index in [0.717, 1.165) is 11.3 Å². The van der Waals surface area contributed by atoms with Gasteiger partial charge in [0.25, 0.3) is 0 Å². The highest BCUT2D eigenvalue weighted by Gasteiger charge is 2.13. The minimum Gasteiger partial charge on any atom is -0.223 e. The fraction of sp³-hybridized carbons (Fsp3) is 0.0625. The third-order valence-electron chi connectivity index (χ3n) is 3.35. The van der Waals surface area contributed by atoms with E-state index in [4.69, 9.17) is 5.26 Å². The molecule has 1 N–H and O–H groups in total. The van der Waals surface area contributed by atoms with Crippen molar-refractivity contribution in [3.8, 4) is 11.8 Å². The molecule has 120 valence electrons. The first-order valence-electron chi connectivity index (χ1n) is 7.02. The SMILES string of the molecule is N#Cc1ccc(S(=O)(=O)NCc2cccc(-n3cncn3)c2)cc1. The number of sulfonamides is 1. The second kappa shape index (κ2) is 6.62. The molecule has 0 fully saturated rings. The van der Waals surface area contributed by atoms with Crippen molar-refractivity contribution in [2.24, 2.45) is 0 Å². The normalized spacial score (nSPS) is 11.1. The van der Waals surface area contributed by atoms with E-state index in [2.05, 4.69) is 14.8 Å². The fourth-order valence-corrected chi connectivity index (χ4v) is 3.14. The summed E-state index contributed by atoms with van der Waals surface area (Å²) in [6.07, 6.45) is 3.00. The first-order valence-corrected chi connectivity index (χ1v) is 8.50. The molecular weight excluding hydrogens is 326 g/mol. The van der Waals surface area contributed by atoms with Crippen molar-refractivity contribution in [2.75, 3.05) is 0 Å². The summed E-state index contributed by atoms with van der Waals surface area (Å²) in [5, 5.41) is 12.8. The van der Waals surface area contributed by atoms with E-state index in [1.54, 1.807) is 11.0 Å². The molecule has 0 aliphatic carbocycles.